The van der Waals surface area contributed by atoms with Gasteiger partial charge in [0, 0.05) is 0 Å². The largest absolute Gasteiger partial charge is 0.475 e. The second kappa shape index (κ2) is 3.14. The van der Waals surface area contributed by atoms with E-state index in [1.165, 1.54) is 4.52 Å². The molecule has 7 heteroatoms. The SMILES string of the molecule is O=C(O)c1nc2c(=O)[nH]c3ccccc3n2n1. The Labute approximate surface area is 93.3 Å². The number of carbonyl (C=O) groups is 1. The zero-order chi connectivity index (χ0) is 12.0. The molecule has 0 unspecified atom stereocenters. The van der Waals surface area contributed by atoms with Gasteiger partial charge in [0.25, 0.3) is 11.4 Å². The topological polar surface area (TPSA) is 100 Å². The molecule has 2 heterocycles. The predicted octanol–water partition coefficient (Wildman–Crippen LogP) is 0.269. The molecule has 0 aliphatic carbocycles. The third-order valence-corrected chi connectivity index (χ3v) is 2.38. The highest BCUT2D eigenvalue weighted by Crippen LogP contribution is 2.09. The molecule has 0 aliphatic heterocycles. The highest BCUT2D eigenvalue weighted by Gasteiger charge is 2.14. The maximum Gasteiger partial charge on any atom is 0.375 e. The quantitative estimate of drug-likeness (QED) is 0.624. The van der Waals surface area contributed by atoms with Crippen molar-refractivity contribution in [2.75, 3.05) is 0 Å². The molecule has 0 bridgehead atoms. The van der Waals surface area contributed by atoms with Crippen molar-refractivity contribution in [3.63, 3.8) is 0 Å². The highest BCUT2D eigenvalue weighted by atomic mass is 16.4. The Hall–Kier alpha value is -2.70. The Morgan fingerprint density at radius 2 is 2.12 bits per heavy atom. The van der Waals surface area contributed by atoms with Gasteiger partial charge in [0.05, 0.1) is 11.0 Å². The molecule has 0 fully saturated rings. The first-order chi connectivity index (χ1) is 8.16. The number of hydrogen-bond donors (Lipinski definition) is 2. The Kier molecular flexibility index (Phi) is 1.76. The Bertz CT molecular complexity index is 802. The number of H-pyrrole nitrogens is 1. The number of nitrogens with one attached hydrogen (secondary N) is 1. The number of carboxylic acid groups (broad SMARTS) is 1. The van der Waals surface area contributed by atoms with Crippen molar-refractivity contribution in [3.05, 3.63) is 40.4 Å². The van der Waals surface area contributed by atoms with E-state index in [2.05, 4.69) is 15.1 Å². The Morgan fingerprint density at radius 1 is 1.35 bits per heavy atom. The number of hydrogen-bond acceptors (Lipinski definition) is 4. The number of aromatic amines is 1. The lowest BCUT2D eigenvalue weighted by Crippen LogP contribution is -2.11. The number of aromatic carboxylic acids is 1. The van der Waals surface area contributed by atoms with Crippen LogP contribution in [0.2, 0.25) is 0 Å². The molecular weight excluding hydrogens is 224 g/mol. The van der Waals surface area contributed by atoms with E-state index in [-0.39, 0.29) is 5.65 Å². The summed E-state index contributed by atoms with van der Waals surface area (Å²) in [6.07, 6.45) is 0. The molecule has 0 spiro atoms. The number of benzene rings is 1. The van der Waals surface area contributed by atoms with Crippen LogP contribution in [-0.4, -0.2) is 30.7 Å². The number of nitrogens with zero attached hydrogens (tertiary/aromatic N) is 3. The fourth-order valence-corrected chi connectivity index (χ4v) is 1.66. The van der Waals surface area contributed by atoms with Crippen LogP contribution in [0.25, 0.3) is 16.7 Å². The first-order valence-electron chi connectivity index (χ1n) is 4.78. The minimum Gasteiger partial charge on any atom is -0.475 e. The van der Waals surface area contributed by atoms with Crippen LogP contribution in [0.3, 0.4) is 0 Å². The molecular formula is C10H6N4O3. The minimum absolute atomic E-state index is 0.0268. The van der Waals surface area contributed by atoms with Crippen LogP contribution in [0.15, 0.2) is 29.1 Å². The van der Waals surface area contributed by atoms with Gasteiger partial charge in [-0.25, -0.2) is 9.31 Å². The minimum atomic E-state index is -1.27. The van der Waals surface area contributed by atoms with E-state index in [9.17, 15) is 9.59 Å². The van der Waals surface area contributed by atoms with Crippen LogP contribution >= 0.6 is 0 Å². The van der Waals surface area contributed by atoms with Gasteiger partial charge in [-0.2, -0.15) is 4.98 Å². The van der Waals surface area contributed by atoms with Crippen LogP contribution in [0.4, 0.5) is 0 Å². The van der Waals surface area contributed by atoms with E-state index in [1.807, 2.05) is 0 Å². The van der Waals surface area contributed by atoms with E-state index >= 15 is 0 Å². The third kappa shape index (κ3) is 1.29. The lowest BCUT2D eigenvalue weighted by molar-refractivity contribution is 0.0684. The molecule has 0 radical (unpaired) electrons. The molecule has 0 saturated heterocycles. The predicted molar refractivity (Wildman–Crippen MR) is 58.1 cm³/mol. The van der Waals surface area contributed by atoms with E-state index in [0.29, 0.717) is 11.0 Å². The summed E-state index contributed by atoms with van der Waals surface area (Å²) in [4.78, 5) is 28.7. The maximum absolute atomic E-state index is 11.7. The number of aromatic nitrogens is 4. The van der Waals surface area contributed by atoms with Crippen LogP contribution in [0, 0.1) is 0 Å². The average molecular weight is 230 g/mol. The molecule has 3 aromatic rings. The molecule has 2 aromatic heterocycles. The van der Waals surface area contributed by atoms with Gasteiger partial charge in [-0.15, -0.1) is 5.10 Å². The highest BCUT2D eigenvalue weighted by molar-refractivity contribution is 5.84. The molecule has 0 amide bonds. The molecule has 2 N–H and O–H groups in total. The second-order valence-corrected chi connectivity index (χ2v) is 3.45. The summed E-state index contributed by atoms with van der Waals surface area (Å²) in [6, 6.07) is 6.96. The number of rotatable bonds is 1. The van der Waals surface area contributed by atoms with Crippen molar-refractivity contribution in [1.82, 2.24) is 19.6 Å². The molecule has 3 rings (SSSR count). The smallest absolute Gasteiger partial charge is 0.375 e. The average Bonchev–Trinajstić information content (AvgIpc) is 2.75. The van der Waals surface area contributed by atoms with Crippen LogP contribution < -0.4 is 5.56 Å². The summed E-state index contributed by atoms with van der Waals surface area (Å²) in [5.74, 6) is -1.66. The zero-order valence-corrected chi connectivity index (χ0v) is 8.41. The van der Waals surface area contributed by atoms with Gasteiger partial charge in [-0.1, -0.05) is 12.1 Å². The van der Waals surface area contributed by atoms with Gasteiger partial charge in [0.2, 0.25) is 5.65 Å². The standard InChI is InChI=1S/C10H6N4O3/c15-9-8-12-7(10(16)17)13-14(8)6-4-2-1-3-5(6)11-9/h1-4H,(H,11,15)(H,16,17). The maximum atomic E-state index is 11.7. The lowest BCUT2D eigenvalue weighted by atomic mass is 10.3. The van der Waals surface area contributed by atoms with Gasteiger partial charge in [0.15, 0.2) is 0 Å². The van der Waals surface area contributed by atoms with E-state index in [1.54, 1.807) is 24.3 Å². The third-order valence-electron chi connectivity index (χ3n) is 2.38. The summed E-state index contributed by atoms with van der Waals surface area (Å²) < 4.78 is 1.23. The summed E-state index contributed by atoms with van der Waals surface area (Å²) in [7, 11) is 0. The van der Waals surface area contributed by atoms with Gasteiger partial charge in [0.1, 0.15) is 0 Å². The summed E-state index contributed by atoms with van der Waals surface area (Å²) in [6.45, 7) is 0. The first-order valence-corrected chi connectivity index (χ1v) is 4.78. The number of fused-ring (bicyclic) bond motifs is 3. The molecule has 1 aromatic carbocycles. The Balaban J connectivity index is 2.56. The summed E-state index contributed by atoms with van der Waals surface area (Å²) in [5, 5.41) is 12.6. The summed E-state index contributed by atoms with van der Waals surface area (Å²) in [5.41, 5.74) is 0.679. The fourth-order valence-electron chi connectivity index (χ4n) is 1.66. The van der Waals surface area contributed by atoms with Crippen molar-refractivity contribution in [2.45, 2.75) is 0 Å². The molecule has 0 atom stereocenters. The van der Waals surface area contributed by atoms with Gasteiger partial charge >= 0.3 is 5.97 Å². The lowest BCUT2D eigenvalue weighted by Gasteiger charge is -1.98. The van der Waals surface area contributed by atoms with E-state index in [4.69, 9.17) is 5.11 Å². The molecule has 0 saturated carbocycles. The molecule has 7 nitrogen and oxygen atoms in total. The van der Waals surface area contributed by atoms with Gasteiger partial charge in [-0.3, -0.25) is 4.79 Å². The van der Waals surface area contributed by atoms with Crippen LogP contribution in [0.5, 0.6) is 0 Å². The number of carboxylic acids is 1. The molecule has 0 aliphatic rings. The van der Waals surface area contributed by atoms with Crippen molar-refractivity contribution in [2.24, 2.45) is 0 Å². The Morgan fingerprint density at radius 3 is 2.88 bits per heavy atom. The summed E-state index contributed by atoms with van der Waals surface area (Å²) >= 11 is 0. The monoisotopic (exact) mass is 230 g/mol. The van der Waals surface area contributed by atoms with Gasteiger partial charge in [-0.05, 0) is 12.1 Å². The zero-order valence-electron chi connectivity index (χ0n) is 8.41. The van der Waals surface area contributed by atoms with Crippen molar-refractivity contribution < 1.29 is 9.90 Å². The van der Waals surface area contributed by atoms with Crippen molar-refractivity contribution in [1.29, 1.82) is 0 Å². The van der Waals surface area contributed by atoms with E-state index < -0.39 is 17.4 Å². The van der Waals surface area contributed by atoms with Gasteiger partial charge < -0.3 is 10.1 Å². The fraction of sp³-hybridized carbons (Fsp3) is 0. The van der Waals surface area contributed by atoms with Crippen molar-refractivity contribution in [3.8, 4) is 0 Å². The number of para-hydroxylation sites is 2. The molecule has 84 valence electrons. The second-order valence-electron chi connectivity index (χ2n) is 3.45. The first kappa shape index (κ1) is 9.52. The van der Waals surface area contributed by atoms with Crippen LogP contribution in [-0.2, 0) is 0 Å². The van der Waals surface area contributed by atoms with E-state index in [0.717, 1.165) is 0 Å². The van der Waals surface area contributed by atoms with Crippen LogP contribution in [0.1, 0.15) is 10.6 Å². The normalized spacial score (nSPS) is 11.1. The molecule has 17 heavy (non-hydrogen) atoms. The van der Waals surface area contributed by atoms with Crippen molar-refractivity contribution >= 4 is 22.6 Å².